The van der Waals surface area contributed by atoms with Crippen molar-refractivity contribution < 1.29 is 19.3 Å². The molecule has 1 heterocycles. The summed E-state index contributed by atoms with van der Waals surface area (Å²) in [6.07, 6.45) is -1.15. The van der Waals surface area contributed by atoms with E-state index in [1.54, 1.807) is 24.3 Å². The molecular formula is C21H23N5O5. The van der Waals surface area contributed by atoms with Gasteiger partial charge in [0.25, 0.3) is 23.4 Å². The Morgan fingerprint density at radius 3 is 1.94 bits per heavy atom. The van der Waals surface area contributed by atoms with Crippen molar-refractivity contribution in [2.24, 2.45) is 5.73 Å². The van der Waals surface area contributed by atoms with Crippen LogP contribution in [0.3, 0.4) is 0 Å². The second-order valence-corrected chi connectivity index (χ2v) is 7.12. The van der Waals surface area contributed by atoms with Gasteiger partial charge in [-0.2, -0.15) is 0 Å². The van der Waals surface area contributed by atoms with Gasteiger partial charge in [-0.3, -0.25) is 24.5 Å². The lowest BCUT2D eigenvalue weighted by Crippen LogP contribution is -2.54. The van der Waals surface area contributed by atoms with E-state index >= 15 is 0 Å². The van der Waals surface area contributed by atoms with Gasteiger partial charge < -0.3 is 20.9 Å². The van der Waals surface area contributed by atoms with Crippen molar-refractivity contribution in [3.05, 3.63) is 75.3 Å². The Hall–Kier alpha value is -3.79. The number of aryl methyl sites for hydroxylation is 1. The van der Waals surface area contributed by atoms with Gasteiger partial charge in [0, 0.05) is 49.4 Å². The molecule has 2 aromatic carbocycles. The highest BCUT2D eigenvalue weighted by atomic mass is 16.6. The largest absolute Gasteiger partial charge is 0.351 e. The normalized spacial score (nSPS) is 15.6. The fraction of sp³-hybridized carbons (Fsp3) is 0.286. The van der Waals surface area contributed by atoms with Crippen LogP contribution in [0.1, 0.15) is 26.3 Å². The fourth-order valence-corrected chi connectivity index (χ4v) is 3.38. The average Bonchev–Trinajstić information content (AvgIpc) is 3.22. The van der Waals surface area contributed by atoms with E-state index in [9.17, 15) is 24.5 Å². The van der Waals surface area contributed by atoms with Gasteiger partial charge in [-0.25, -0.2) is 0 Å². The number of nitro groups is 1. The number of hydrogen-bond acceptors (Lipinski definition) is 6. The maximum Gasteiger partial charge on any atom is 0.269 e. The summed E-state index contributed by atoms with van der Waals surface area (Å²) in [7, 11) is 0. The van der Waals surface area contributed by atoms with Crippen LogP contribution in [0.4, 0.5) is 5.69 Å². The molecular weight excluding hydrogens is 402 g/mol. The van der Waals surface area contributed by atoms with Crippen LogP contribution in [-0.4, -0.2) is 64.8 Å². The van der Waals surface area contributed by atoms with Crippen LogP contribution in [0.15, 0.2) is 48.5 Å². The minimum absolute atomic E-state index is 0.147. The van der Waals surface area contributed by atoms with Gasteiger partial charge in [0.2, 0.25) is 0 Å². The monoisotopic (exact) mass is 425 g/mol. The second-order valence-electron chi connectivity index (χ2n) is 7.12. The number of hydrogen-bond donors (Lipinski definition) is 2. The van der Waals surface area contributed by atoms with Gasteiger partial charge in [0.15, 0.2) is 6.17 Å². The summed E-state index contributed by atoms with van der Waals surface area (Å²) in [6.45, 7) is 2.63. The molecule has 1 saturated heterocycles. The summed E-state index contributed by atoms with van der Waals surface area (Å²) in [4.78, 5) is 51.9. The maximum atomic E-state index is 13.1. The number of nitrogens with two attached hydrogens (primary N) is 1. The molecule has 0 aliphatic carbocycles. The highest BCUT2D eigenvalue weighted by Crippen LogP contribution is 2.22. The molecule has 10 nitrogen and oxygen atoms in total. The number of non-ortho nitro benzene ring substituents is 1. The summed E-state index contributed by atoms with van der Waals surface area (Å²) in [6, 6.07) is 12.1. The van der Waals surface area contributed by atoms with E-state index < -0.39 is 22.9 Å². The Bertz CT molecular complexity index is 990. The van der Waals surface area contributed by atoms with Crippen LogP contribution in [-0.2, 0) is 4.79 Å². The summed E-state index contributed by atoms with van der Waals surface area (Å²) in [5.74, 6) is -1.38. The summed E-state index contributed by atoms with van der Waals surface area (Å²) in [5, 5.41) is 13.5. The van der Waals surface area contributed by atoms with E-state index in [2.05, 4.69) is 5.32 Å². The molecule has 2 aromatic rings. The molecule has 31 heavy (non-hydrogen) atoms. The lowest BCUT2D eigenvalue weighted by atomic mass is 10.1. The third-order valence-corrected chi connectivity index (χ3v) is 5.00. The minimum atomic E-state index is -1.15. The van der Waals surface area contributed by atoms with Crippen molar-refractivity contribution in [2.45, 2.75) is 13.1 Å². The van der Waals surface area contributed by atoms with Gasteiger partial charge in [-0.15, -0.1) is 0 Å². The molecule has 1 fully saturated rings. The summed E-state index contributed by atoms with van der Waals surface area (Å²) in [5.41, 5.74) is 6.91. The molecule has 3 N–H and O–H groups in total. The molecule has 0 radical (unpaired) electrons. The predicted octanol–water partition coefficient (Wildman–Crippen LogP) is 0.902. The SMILES string of the molecule is Cc1ccc(C(=O)N2CCN(C(=O)c3ccc([N+](=O)[O-])cc3)C2C(=O)NCCN)cc1. The van der Waals surface area contributed by atoms with E-state index in [1.165, 1.54) is 34.1 Å². The number of nitrogens with one attached hydrogen (secondary N) is 1. The second kappa shape index (κ2) is 9.35. The van der Waals surface area contributed by atoms with Crippen molar-refractivity contribution in [3.63, 3.8) is 0 Å². The molecule has 1 aliphatic heterocycles. The Morgan fingerprint density at radius 2 is 1.48 bits per heavy atom. The average molecular weight is 425 g/mol. The molecule has 0 aromatic heterocycles. The first-order valence-electron chi connectivity index (χ1n) is 9.74. The highest BCUT2D eigenvalue weighted by molar-refractivity contribution is 6.02. The standard InChI is InChI=1S/C21H23N5O5/c1-14-2-4-15(5-3-14)20(28)24-12-13-25(19(24)18(27)23-11-10-22)21(29)16-6-8-17(9-7-16)26(30)31/h2-9,19H,10-13,22H2,1H3,(H,23,27). The summed E-state index contributed by atoms with van der Waals surface area (Å²) >= 11 is 0. The lowest BCUT2D eigenvalue weighted by molar-refractivity contribution is -0.384. The zero-order valence-electron chi connectivity index (χ0n) is 17.0. The number of benzene rings is 2. The number of carbonyl (C=O) groups is 3. The zero-order valence-corrected chi connectivity index (χ0v) is 17.0. The van der Waals surface area contributed by atoms with Crippen LogP contribution in [0.5, 0.6) is 0 Å². The number of rotatable bonds is 6. The van der Waals surface area contributed by atoms with E-state index in [0.717, 1.165) is 5.56 Å². The van der Waals surface area contributed by atoms with E-state index in [0.29, 0.717) is 5.56 Å². The Balaban J connectivity index is 1.89. The number of nitrogens with zero attached hydrogens (tertiary/aromatic N) is 3. The fourth-order valence-electron chi connectivity index (χ4n) is 3.38. The number of amides is 3. The van der Waals surface area contributed by atoms with Crippen molar-refractivity contribution in [3.8, 4) is 0 Å². The van der Waals surface area contributed by atoms with E-state index in [4.69, 9.17) is 5.73 Å². The summed E-state index contributed by atoms with van der Waals surface area (Å²) < 4.78 is 0. The predicted molar refractivity (Wildman–Crippen MR) is 112 cm³/mol. The first kappa shape index (κ1) is 21.9. The number of nitro benzene ring substituents is 1. The molecule has 0 saturated carbocycles. The molecule has 162 valence electrons. The Labute approximate surface area is 178 Å². The molecule has 1 atom stereocenters. The van der Waals surface area contributed by atoms with Crippen molar-refractivity contribution in [2.75, 3.05) is 26.2 Å². The Kier molecular flexibility index (Phi) is 6.61. The van der Waals surface area contributed by atoms with Crippen molar-refractivity contribution in [1.29, 1.82) is 0 Å². The minimum Gasteiger partial charge on any atom is -0.351 e. The van der Waals surface area contributed by atoms with Gasteiger partial charge >= 0.3 is 0 Å². The molecule has 0 bridgehead atoms. The van der Waals surface area contributed by atoms with Gasteiger partial charge in [0.05, 0.1) is 4.92 Å². The van der Waals surface area contributed by atoms with Gasteiger partial charge in [-0.1, -0.05) is 17.7 Å². The van der Waals surface area contributed by atoms with Crippen molar-refractivity contribution >= 4 is 23.4 Å². The topological polar surface area (TPSA) is 139 Å². The third-order valence-electron chi connectivity index (χ3n) is 5.00. The smallest absolute Gasteiger partial charge is 0.269 e. The number of carbonyl (C=O) groups excluding carboxylic acids is 3. The zero-order chi connectivity index (χ0) is 22.5. The third kappa shape index (κ3) is 4.69. The van der Waals surface area contributed by atoms with Crippen LogP contribution < -0.4 is 11.1 Å². The first-order chi connectivity index (χ1) is 14.8. The molecule has 1 aliphatic rings. The van der Waals surface area contributed by atoms with Crippen LogP contribution >= 0.6 is 0 Å². The molecule has 3 rings (SSSR count). The van der Waals surface area contributed by atoms with Crippen LogP contribution in [0, 0.1) is 17.0 Å². The Morgan fingerprint density at radius 1 is 1.00 bits per heavy atom. The van der Waals surface area contributed by atoms with Gasteiger partial charge in [-0.05, 0) is 31.2 Å². The van der Waals surface area contributed by atoms with E-state index in [-0.39, 0.29) is 43.3 Å². The molecule has 10 heteroatoms. The van der Waals surface area contributed by atoms with Crippen LogP contribution in [0.25, 0.3) is 0 Å². The highest BCUT2D eigenvalue weighted by Gasteiger charge is 2.43. The van der Waals surface area contributed by atoms with E-state index in [1.807, 2.05) is 6.92 Å². The lowest BCUT2D eigenvalue weighted by Gasteiger charge is -2.29. The molecule has 1 unspecified atom stereocenters. The van der Waals surface area contributed by atoms with Crippen molar-refractivity contribution in [1.82, 2.24) is 15.1 Å². The molecule has 0 spiro atoms. The maximum absolute atomic E-state index is 13.1. The molecule has 3 amide bonds. The first-order valence-corrected chi connectivity index (χ1v) is 9.74. The van der Waals surface area contributed by atoms with Gasteiger partial charge in [0.1, 0.15) is 0 Å². The van der Waals surface area contributed by atoms with Crippen LogP contribution in [0.2, 0.25) is 0 Å². The quantitative estimate of drug-likeness (QED) is 0.521.